The normalized spacial score (nSPS) is 23.3. The third-order valence-electron chi connectivity index (χ3n) is 6.50. The van der Waals surface area contributed by atoms with Crippen LogP contribution in [0, 0.1) is 0 Å². The van der Waals surface area contributed by atoms with Crippen LogP contribution in [-0.2, 0) is 14.8 Å². The second kappa shape index (κ2) is 8.76. The van der Waals surface area contributed by atoms with Crippen molar-refractivity contribution in [2.75, 3.05) is 29.6 Å². The molecule has 3 N–H and O–H groups in total. The lowest BCUT2D eigenvalue weighted by atomic mass is 9.97. The standard InChI is InChI=1S/C20H27F2N5O5S/c1-33(31,32)26-8-6-13(7-9-26)24-19-23-11-12-10-15(20(21,22)18(29)30)17(28)27(16(12)25-19)14-4-2-3-5-14/h10-11,13-14,17,28H,2-9H2,1H3,(H,29,30)(H,23,24,25). The fourth-order valence-corrected chi connectivity index (χ4v) is 5.59. The smallest absolute Gasteiger partial charge is 0.379 e. The Morgan fingerprint density at radius 1 is 1.21 bits per heavy atom. The van der Waals surface area contributed by atoms with Gasteiger partial charge < -0.3 is 20.4 Å². The summed E-state index contributed by atoms with van der Waals surface area (Å²) in [6, 6.07) is -0.329. The third kappa shape index (κ3) is 4.66. The molecule has 0 spiro atoms. The number of carbonyl (C=O) groups is 1. The molecule has 3 aliphatic rings. The second-order valence-corrected chi connectivity index (χ2v) is 10.7. The summed E-state index contributed by atoms with van der Waals surface area (Å²) in [6.45, 7) is 0.732. The lowest BCUT2D eigenvalue weighted by Crippen LogP contribution is -2.51. The number of nitrogens with zero attached hydrogens (tertiary/aromatic N) is 4. The van der Waals surface area contributed by atoms with Gasteiger partial charge in [0.1, 0.15) is 5.82 Å². The molecule has 0 amide bonds. The maximum absolute atomic E-state index is 14.4. The highest BCUT2D eigenvalue weighted by Gasteiger charge is 2.50. The van der Waals surface area contributed by atoms with Gasteiger partial charge in [-0.05, 0) is 31.8 Å². The minimum atomic E-state index is -4.24. The summed E-state index contributed by atoms with van der Waals surface area (Å²) in [4.78, 5) is 21.2. The summed E-state index contributed by atoms with van der Waals surface area (Å²) in [5.41, 5.74) is -0.701. The Hall–Kier alpha value is -2.38. The van der Waals surface area contributed by atoms with Crippen LogP contribution in [0.1, 0.15) is 44.1 Å². The number of aliphatic carboxylic acids is 1. The Morgan fingerprint density at radius 2 is 1.85 bits per heavy atom. The number of carboxylic acid groups (broad SMARTS) is 1. The van der Waals surface area contributed by atoms with Gasteiger partial charge in [0.15, 0.2) is 6.23 Å². The van der Waals surface area contributed by atoms with Gasteiger partial charge in [-0.1, -0.05) is 12.8 Å². The molecular weight excluding hydrogens is 460 g/mol. The first-order chi connectivity index (χ1) is 15.5. The number of piperidine rings is 1. The Bertz CT molecular complexity index is 1050. The summed E-state index contributed by atoms with van der Waals surface area (Å²) in [7, 11) is -3.25. The van der Waals surface area contributed by atoms with Crippen molar-refractivity contribution in [1.29, 1.82) is 0 Å². The van der Waals surface area contributed by atoms with Gasteiger partial charge in [0.25, 0.3) is 0 Å². The van der Waals surface area contributed by atoms with E-state index in [0.29, 0.717) is 38.8 Å². The van der Waals surface area contributed by atoms with Crippen molar-refractivity contribution in [3.05, 3.63) is 17.3 Å². The number of hydrogen-bond donors (Lipinski definition) is 3. The molecule has 1 saturated carbocycles. The van der Waals surface area contributed by atoms with Crippen LogP contribution in [0.25, 0.3) is 6.08 Å². The third-order valence-corrected chi connectivity index (χ3v) is 7.80. The fraction of sp³-hybridized carbons (Fsp3) is 0.650. The van der Waals surface area contributed by atoms with E-state index < -0.39 is 33.7 Å². The Morgan fingerprint density at radius 3 is 2.42 bits per heavy atom. The van der Waals surface area contributed by atoms with Gasteiger partial charge in [0, 0.05) is 36.9 Å². The Kier molecular flexibility index (Phi) is 6.31. The fourth-order valence-electron chi connectivity index (χ4n) is 4.71. The predicted octanol–water partition coefficient (Wildman–Crippen LogP) is 1.50. The van der Waals surface area contributed by atoms with E-state index in [4.69, 9.17) is 5.11 Å². The van der Waals surface area contributed by atoms with Crippen molar-refractivity contribution in [1.82, 2.24) is 14.3 Å². The van der Waals surface area contributed by atoms with Crippen molar-refractivity contribution in [2.45, 2.75) is 62.8 Å². The molecule has 2 aliphatic heterocycles. The van der Waals surface area contributed by atoms with Crippen LogP contribution in [0.5, 0.6) is 0 Å². The number of nitrogens with one attached hydrogen (secondary N) is 1. The number of fused-ring (bicyclic) bond motifs is 1. The number of anilines is 2. The number of aliphatic hydroxyl groups excluding tert-OH is 1. The number of rotatable bonds is 6. The lowest BCUT2D eigenvalue weighted by Gasteiger charge is -2.40. The van der Waals surface area contributed by atoms with Crippen LogP contribution in [0.3, 0.4) is 0 Å². The van der Waals surface area contributed by atoms with E-state index in [1.54, 1.807) is 0 Å². The van der Waals surface area contributed by atoms with E-state index in [2.05, 4.69) is 15.3 Å². The first kappa shape index (κ1) is 23.8. The summed E-state index contributed by atoms with van der Waals surface area (Å²) in [5, 5.41) is 23.0. The van der Waals surface area contributed by atoms with Crippen molar-refractivity contribution in [3.63, 3.8) is 0 Å². The first-order valence-corrected chi connectivity index (χ1v) is 12.7. The molecule has 4 rings (SSSR count). The number of aliphatic hydroxyl groups is 1. The maximum atomic E-state index is 14.4. The summed E-state index contributed by atoms with van der Waals surface area (Å²) in [6.07, 6.45) is 5.81. The molecule has 1 atom stereocenters. The van der Waals surface area contributed by atoms with Crippen LogP contribution in [0.15, 0.2) is 11.8 Å². The molecule has 10 nitrogen and oxygen atoms in total. The molecule has 13 heteroatoms. The van der Waals surface area contributed by atoms with Gasteiger partial charge in [-0.25, -0.2) is 22.5 Å². The SMILES string of the molecule is CS(=O)(=O)N1CCC(Nc2ncc3c(n2)N(C2CCCC2)C(O)C(C(F)(F)C(=O)O)=C3)CC1. The molecule has 182 valence electrons. The Labute approximate surface area is 190 Å². The van der Waals surface area contributed by atoms with Gasteiger partial charge in [-0.15, -0.1) is 0 Å². The minimum Gasteiger partial charge on any atom is -0.477 e. The maximum Gasteiger partial charge on any atom is 0.379 e. The van der Waals surface area contributed by atoms with E-state index in [1.165, 1.54) is 21.7 Å². The lowest BCUT2D eigenvalue weighted by molar-refractivity contribution is -0.160. The van der Waals surface area contributed by atoms with E-state index >= 15 is 0 Å². The van der Waals surface area contributed by atoms with Crippen molar-refractivity contribution in [3.8, 4) is 0 Å². The number of sulfonamides is 1. The van der Waals surface area contributed by atoms with Gasteiger partial charge in [-0.3, -0.25) is 0 Å². The first-order valence-electron chi connectivity index (χ1n) is 10.9. The molecule has 0 aromatic carbocycles. The van der Waals surface area contributed by atoms with E-state index in [0.717, 1.165) is 18.9 Å². The number of halogens is 2. The van der Waals surface area contributed by atoms with Crippen LogP contribution in [0.2, 0.25) is 0 Å². The molecule has 1 aromatic heterocycles. The highest BCUT2D eigenvalue weighted by molar-refractivity contribution is 7.88. The molecule has 3 heterocycles. The predicted molar refractivity (Wildman–Crippen MR) is 116 cm³/mol. The average molecular weight is 488 g/mol. The summed E-state index contributed by atoms with van der Waals surface area (Å²) < 4.78 is 53.6. The van der Waals surface area contributed by atoms with Crippen LogP contribution in [-0.4, -0.2) is 82.5 Å². The molecule has 1 unspecified atom stereocenters. The molecule has 2 fully saturated rings. The largest absolute Gasteiger partial charge is 0.477 e. The molecule has 1 aromatic rings. The number of alkyl halides is 2. The highest BCUT2D eigenvalue weighted by atomic mass is 32.2. The van der Waals surface area contributed by atoms with Crippen LogP contribution in [0.4, 0.5) is 20.5 Å². The number of carboxylic acids is 1. The minimum absolute atomic E-state index is 0.0723. The summed E-state index contributed by atoms with van der Waals surface area (Å²) in [5.74, 6) is -6.06. The number of hydrogen-bond acceptors (Lipinski definition) is 8. The average Bonchev–Trinajstić information content (AvgIpc) is 3.27. The van der Waals surface area contributed by atoms with E-state index in [1.807, 2.05) is 0 Å². The molecular formula is C20H27F2N5O5S. The monoisotopic (exact) mass is 487 g/mol. The zero-order chi connectivity index (χ0) is 24.0. The van der Waals surface area contributed by atoms with Gasteiger partial charge in [0.2, 0.25) is 16.0 Å². The molecule has 0 bridgehead atoms. The van der Waals surface area contributed by atoms with E-state index in [-0.39, 0.29) is 29.4 Å². The van der Waals surface area contributed by atoms with Crippen molar-refractivity contribution >= 4 is 33.8 Å². The topological polar surface area (TPSA) is 136 Å². The zero-order valence-electron chi connectivity index (χ0n) is 18.1. The van der Waals surface area contributed by atoms with Crippen LogP contribution < -0.4 is 10.2 Å². The van der Waals surface area contributed by atoms with Gasteiger partial charge in [0.05, 0.1) is 11.8 Å². The van der Waals surface area contributed by atoms with Crippen LogP contribution >= 0.6 is 0 Å². The number of aromatic nitrogens is 2. The molecule has 1 aliphatic carbocycles. The van der Waals surface area contributed by atoms with Crippen molar-refractivity contribution in [2.24, 2.45) is 0 Å². The highest BCUT2D eigenvalue weighted by Crippen LogP contribution is 2.41. The zero-order valence-corrected chi connectivity index (χ0v) is 18.9. The Balaban J connectivity index is 1.62. The molecule has 0 radical (unpaired) electrons. The van der Waals surface area contributed by atoms with Gasteiger partial charge in [-0.2, -0.15) is 13.8 Å². The van der Waals surface area contributed by atoms with E-state index in [9.17, 15) is 27.1 Å². The molecule has 1 saturated heterocycles. The summed E-state index contributed by atoms with van der Waals surface area (Å²) >= 11 is 0. The van der Waals surface area contributed by atoms with Gasteiger partial charge >= 0.3 is 11.9 Å². The second-order valence-electron chi connectivity index (χ2n) is 8.75. The van der Waals surface area contributed by atoms with Crippen molar-refractivity contribution < 1.29 is 32.2 Å². The quantitative estimate of drug-likeness (QED) is 0.545. The molecule has 33 heavy (non-hydrogen) atoms.